The van der Waals surface area contributed by atoms with E-state index >= 15 is 0 Å². The Labute approximate surface area is 323 Å². The molecule has 0 saturated carbocycles. The molecule has 5 aromatic rings. The molecule has 5 aromatic carbocycles. The smallest absolute Gasteiger partial charge is 0.416 e. The zero-order chi connectivity index (χ0) is 36.7. The van der Waals surface area contributed by atoms with Crippen molar-refractivity contribution >= 4 is 46.0 Å². The molecular formula is C43H39N4NiO6-. The van der Waals surface area contributed by atoms with Gasteiger partial charge in [-0.2, -0.15) is 0 Å². The minimum absolute atomic E-state index is 0. The number of para-hydroxylation sites is 1. The summed E-state index contributed by atoms with van der Waals surface area (Å²) in [6.45, 7) is 1.58. The van der Waals surface area contributed by atoms with Crippen LogP contribution in [0.2, 0.25) is 0 Å². The Balaban J connectivity index is 0.00000497. The topological polar surface area (TPSA) is 131 Å². The van der Waals surface area contributed by atoms with Gasteiger partial charge >= 0.3 is 12.1 Å². The number of fused-ring (bicyclic) bond motifs is 1. The van der Waals surface area contributed by atoms with Gasteiger partial charge in [-0.15, -0.1) is 5.69 Å². The Hall–Kier alpha value is -5.64. The maximum absolute atomic E-state index is 13.9. The molecule has 2 aliphatic rings. The van der Waals surface area contributed by atoms with Crippen molar-refractivity contribution in [3.05, 3.63) is 155 Å². The van der Waals surface area contributed by atoms with Crippen molar-refractivity contribution in [3.8, 4) is 0 Å². The number of benzene rings is 5. The zero-order valence-corrected chi connectivity index (χ0v) is 30.4. The average molecular weight is 767 g/mol. The van der Waals surface area contributed by atoms with Crippen molar-refractivity contribution in [3.63, 3.8) is 0 Å². The van der Waals surface area contributed by atoms with Gasteiger partial charge in [0.25, 0.3) is 0 Å². The predicted octanol–water partition coefficient (Wildman–Crippen LogP) is 7.48. The summed E-state index contributed by atoms with van der Waals surface area (Å²) >= 11 is 0. The van der Waals surface area contributed by atoms with E-state index in [1.165, 1.54) is 0 Å². The van der Waals surface area contributed by atoms with Crippen molar-refractivity contribution in [2.24, 2.45) is 4.99 Å². The molecule has 1 N–H and O–H groups in total. The van der Waals surface area contributed by atoms with Gasteiger partial charge < -0.3 is 20.0 Å². The first-order valence-corrected chi connectivity index (χ1v) is 17.8. The molecule has 2 aliphatic heterocycles. The fourth-order valence-corrected chi connectivity index (χ4v) is 7.31. The molecule has 0 bridgehead atoms. The van der Waals surface area contributed by atoms with Crippen LogP contribution in [-0.4, -0.2) is 76.3 Å². The van der Waals surface area contributed by atoms with E-state index in [0.717, 1.165) is 34.2 Å². The zero-order valence-electron chi connectivity index (χ0n) is 29.4. The molecular weight excluding hydrogens is 727 g/mol. The third-order valence-corrected chi connectivity index (χ3v) is 9.90. The Kier molecular flexibility index (Phi) is 12.3. The van der Waals surface area contributed by atoms with Crippen molar-refractivity contribution in [1.82, 2.24) is 9.80 Å². The molecule has 11 heteroatoms. The third-order valence-electron chi connectivity index (χ3n) is 9.90. The molecule has 0 spiro atoms. The maximum Gasteiger partial charge on any atom is 0.416 e. The Bertz CT molecular complexity index is 2160. The molecule has 2 fully saturated rings. The van der Waals surface area contributed by atoms with Gasteiger partial charge in [0.1, 0.15) is 6.61 Å². The Morgan fingerprint density at radius 3 is 2.26 bits per heavy atom. The number of ether oxygens (including phenoxy) is 1. The van der Waals surface area contributed by atoms with E-state index in [1.54, 1.807) is 30.3 Å². The number of carboxylic acids is 1. The normalized spacial score (nSPS) is 17.0. The van der Waals surface area contributed by atoms with E-state index in [1.807, 2.05) is 97.1 Å². The molecule has 3 amide bonds. The van der Waals surface area contributed by atoms with Crippen LogP contribution in [0.5, 0.6) is 0 Å². The number of aliphatic imine (C=N–C) groups is 1. The number of cyclic esters (lactones) is 1. The number of rotatable bonds is 12. The van der Waals surface area contributed by atoms with Crippen LogP contribution in [-0.2, 0) is 42.2 Å². The molecule has 3 atom stereocenters. The second-order valence-electron chi connectivity index (χ2n) is 13.2. The minimum Gasteiger partial charge on any atom is -0.625 e. The standard InChI is InChI=1S/C43H40N4O6.Ni/c48-38(47-25-26-53-43(47)52)27-35(33-21-11-18-30-15-7-8-19-32(30)33)40(42(50)51)45-39(31-16-5-2-6-17-31)34-20-9-10-22-36(34)44-41(49)37-23-12-24-46(37)28-29-13-3-1-4-14-29;/h1-11,13-22,35,37,40H,12,23-28H2,(H2,44,45,49,50,51);/p-1/t35-,37-,40+;/m0./s1. The molecule has 0 aliphatic carbocycles. The van der Waals surface area contributed by atoms with Gasteiger partial charge in [0.15, 0.2) is 6.04 Å². The number of hydrogen-bond donors (Lipinski definition) is 1. The molecule has 2 saturated heterocycles. The van der Waals surface area contributed by atoms with Crippen LogP contribution >= 0.6 is 0 Å². The number of likely N-dealkylation sites (tertiary alicyclic amines) is 1. The van der Waals surface area contributed by atoms with E-state index < -0.39 is 36.0 Å². The fourth-order valence-electron chi connectivity index (χ4n) is 7.31. The van der Waals surface area contributed by atoms with Crippen LogP contribution in [0.1, 0.15) is 47.4 Å². The quantitative estimate of drug-likeness (QED) is 0.103. The summed E-state index contributed by atoms with van der Waals surface area (Å²) in [4.78, 5) is 61.6. The van der Waals surface area contributed by atoms with Gasteiger partial charge in [0.2, 0.25) is 5.91 Å². The van der Waals surface area contributed by atoms with E-state index in [0.29, 0.717) is 41.1 Å². The van der Waals surface area contributed by atoms with Crippen LogP contribution in [0.4, 0.5) is 10.5 Å². The summed E-state index contributed by atoms with van der Waals surface area (Å²) in [5, 5.41) is 17.3. The van der Waals surface area contributed by atoms with Gasteiger partial charge in [-0.05, 0) is 46.8 Å². The molecule has 10 nitrogen and oxygen atoms in total. The summed E-state index contributed by atoms with van der Waals surface area (Å²) in [5.41, 5.74) is 3.51. The molecule has 278 valence electrons. The summed E-state index contributed by atoms with van der Waals surface area (Å²) in [6.07, 6.45) is 0.496. The number of carbonyl (C=O) groups excluding carboxylic acids is 3. The first-order valence-electron chi connectivity index (χ1n) is 17.8. The van der Waals surface area contributed by atoms with Crippen molar-refractivity contribution in [2.45, 2.75) is 43.8 Å². The fraction of sp³-hybridized carbons (Fsp3) is 0.233. The van der Waals surface area contributed by atoms with Gasteiger partial charge in [0, 0.05) is 40.9 Å². The first-order chi connectivity index (χ1) is 25.9. The van der Waals surface area contributed by atoms with E-state index in [-0.39, 0.29) is 42.0 Å². The van der Waals surface area contributed by atoms with Gasteiger partial charge in [-0.3, -0.25) is 14.7 Å². The number of amides is 3. The number of imide groups is 1. The van der Waals surface area contributed by atoms with Crippen LogP contribution in [0, 0.1) is 0 Å². The van der Waals surface area contributed by atoms with Crippen LogP contribution in [0.3, 0.4) is 0 Å². The van der Waals surface area contributed by atoms with Gasteiger partial charge in [0.05, 0.1) is 24.2 Å². The minimum atomic E-state index is -1.47. The van der Waals surface area contributed by atoms with Crippen LogP contribution in [0.25, 0.3) is 16.1 Å². The summed E-state index contributed by atoms with van der Waals surface area (Å²) in [5.74, 6) is -3.05. The Morgan fingerprint density at radius 1 is 0.833 bits per heavy atom. The van der Waals surface area contributed by atoms with Crippen molar-refractivity contribution < 1.29 is 45.5 Å². The maximum atomic E-state index is 13.9. The Morgan fingerprint density at radius 2 is 1.52 bits per heavy atom. The molecule has 7 rings (SSSR count). The van der Waals surface area contributed by atoms with E-state index in [4.69, 9.17) is 9.73 Å². The average Bonchev–Trinajstić information content (AvgIpc) is 3.84. The molecule has 0 unspecified atom stereocenters. The number of carbonyl (C=O) groups is 4. The monoisotopic (exact) mass is 765 g/mol. The second-order valence-corrected chi connectivity index (χ2v) is 13.2. The number of aliphatic carboxylic acids is 1. The largest absolute Gasteiger partial charge is 0.625 e. The van der Waals surface area contributed by atoms with E-state index in [2.05, 4.69) is 10.2 Å². The van der Waals surface area contributed by atoms with E-state index in [9.17, 15) is 24.3 Å². The number of carboxylic acid groups (broad SMARTS) is 1. The van der Waals surface area contributed by atoms with Gasteiger partial charge in [-0.25, -0.2) is 14.5 Å². The van der Waals surface area contributed by atoms with Gasteiger partial charge in [-0.1, -0.05) is 127 Å². The van der Waals surface area contributed by atoms with Crippen molar-refractivity contribution in [2.75, 3.05) is 19.7 Å². The molecule has 0 radical (unpaired) electrons. The molecule has 54 heavy (non-hydrogen) atoms. The predicted molar refractivity (Wildman–Crippen MR) is 202 cm³/mol. The summed E-state index contributed by atoms with van der Waals surface area (Å²) in [7, 11) is 0. The second kappa shape index (κ2) is 17.5. The van der Waals surface area contributed by atoms with Crippen LogP contribution in [0.15, 0.2) is 132 Å². The first kappa shape index (κ1) is 38.1. The third kappa shape index (κ3) is 8.43. The summed E-state index contributed by atoms with van der Waals surface area (Å²) < 4.78 is 5.03. The number of hydrogen-bond acceptors (Lipinski definition) is 7. The number of nitrogens with zero attached hydrogens (tertiary/aromatic N) is 4. The van der Waals surface area contributed by atoms with Crippen molar-refractivity contribution in [1.29, 1.82) is 0 Å². The molecule has 2 heterocycles. The summed E-state index contributed by atoms with van der Waals surface area (Å²) in [6, 6.07) is 37.5. The van der Waals surface area contributed by atoms with Crippen LogP contribution < -0.4 is 0 Å². The molecule has 0 aromatic heterocycles. The SMILES string of the molecule is O=C(O)[C@H](N=C(c1ccccc1)c1ccccc1[N-]C(=O)[C@@H]1CCCN1Cc1ccccc1)[C@@H](CC(=O)N1CCOC1=O)c1cccc2ccccc12.[Ni].